The van der Waals surface area contributed by atoms with Crippen molar-refractivity contribution in [3.63, 3.8) is 0 Å². The highest BCUT2D eigenvalue weighted by atomic mass is 16.5. The molecule has 0 saturated carbocycles. The molecule has 0 spiro atoms. The van der Waals surface area contributed by atoms with Gasteiger partial charge in [0.25, 0.3) is 0 Å². The molecule has 3 rings (SSSR count). The zero-order valence-electron chi connectivity index (χ0n) is 13.3. The maximum Gasteiger partial charge on any atom is 0.347 e. The molecular weight excluding hydrogens is 296 g/mol. The van der Waals surface area contributed by atoms with E-state index in [-0.39, 0.29) is 18.5 Å². The molecule has 1 atom stereocenters. The number of aromatic nitrogens is 2. The number of hydrogen-bond donors (Lipinski definition) is 1. The van der Waals surface area contributed by atoms with E-state index in [0.717, 1.165) is 45.5 Å². The van der Waals surface area contributed by atoms with E-state index in [0.29, 0.717) is 6.10 Å². The topological polar surface area (TPSA) is 76.5 Å². The lowest BCUT2D eigenvalue weighted by molar-refractivity contribution is -0.122. The zero-order valence-corrected chi connectivity index (χ0v) is 13.3. The third-order valence-corrected chi connectivity index (χ3v) is 4.54. The van der Waals surface area contributed by atoms with Crippen molar-refractivity contribution in [2.75, 3.05) is 26.2 Å². The molecule has 7 nitrogen and oxygen atoms in total. The minimum Gasteiger partial charge on any atom is -0.377 e. The third kappa shape index (κ3) is 4.62. The summed E-state index contributed by atoms with van der Waals surface area (Å²) in [6.45, 7) is 3.90. The van der Waals surface area contributed by atoms with Gasteiger partial charge in [-0.3, -0.25) is 9.36 Å². The first-order chi connectivity index (χ1) is 11.2. The number of piperidine rings is 1. The van der Waals surface area contributed by atoms with Crippen LogP contribution >= 0.6 is 0 Å². The van der Waals surface area contributed by atoms with E-state index in [2.05, 4.69) is 15.2 Å². The molecule has 1 aromatic rings. The molecule has 2 aliphatic heterocycles. The number of ether oxygens (including phenoxy) is 1. The molecule has 0 radical (unpaired) electrons. The molecule has 1 amide bonds. The summed E-state index contributed by atoms with van der Waals surface area (Å²) in [6.07, 6.45) is 7.63. The van der Waals surface area contributed by atoms with Crippen molar-refractivity contribution in [2.45, 2.75) is 44.4 Å². The summed E-state index contributed by atoms with van der Waals surface area (Å²) in [5, 5.41) is 3.02. The molecule has 7 heteroatoms. The van der Waals surface area contributed by atoms with Gasteiger partial charge < -0.3 is 15.0 Å². The quantitative estimate of drug-likeness (QED) is 0.827. The molecule has 1 unspecified atom stereocenters. The van der Waals surface area contributed by atoms with Gasteiger partial charge in [-0.2, -0.15) is 0 Å². The molecule has 2 saturated heterocycles. The van der Waals surface area contributed by atoms with Gasteiger partial charge in [0.2, 0.25) is 5.91 Å². The Morgan fingerprint density at radius 2 is 2.17 bits per heavy atom. The van der Waals surface area contributed by atoms with Gasteiger partial charge in [-0.1, -0.05) is 0 Å². The zero-order chi connectivity index (χ0) is 16.1. The number of likely N-dealkylation sites (tertiary alicyclic amines) is 1. The Hall–Kier alpha value is -1.73. The van der Waals surface area contributed by atoms with Crippen molar-refractivity contribution >= 4 is 5.91 Å². The summed E-state index contributed by atoms with van der Waals surface area (Å²) in [6, 6.07) is 1.84. The second kappa shape index (κ2) is 7.70. The fraction of sp³-hybridized carbons (Fsp3) is 0.688. The van der Waals surface area contributed by atoms with E-state index in [9.17, 15) is 9.59 Å². The fourth-order valence-corrected chi connectivity index (χ4v) is 3.27. The van der Waals surface area contributed by atoms with Gasteiger partial charge in [0, 0.05) is 44.7 Å². The summed E-state index contributed by atoms with van der Waals surface area (Å²) in [4.78, 5) is 29.6. The van der Waals surface area contributed by atoms with Crippen molar-refractivity contribution < 1.29 is 9.53 Å². The number of nitrogens with zero attached hydrogens (tertiary/aromatic N) is 3. The number of carbonyl (C=O) groups is 1. The Morgan fingerprint density at radius 3 is 2.87 bits per heavy atom. The summed E-state index contributed by atoms with van der Waals surface area (Å²) in [7, 11) is 0. The number of amides is 1. The maximum absolute atomic E-state index is 12.1. The van der Waals surface area contributed by atoms with Crippen LogP contribution in [0.2, 0.25) is 0 Å². The number of hydrogen-bond acceptors (Lipinski definition) is 5. The first-order valence-electron chi connectivity index (χ1n) is 8.35. The largest absolute Gasteiger partial charge is 0.377 e. The molecule has 1 N–H and O–H groups in total. The van der Waals surface area contributed by atoms with Crippen molar-refractivity contribution in [2.24, 2.45) is 0 Å². The van der Waals surface area contributed by atoms with E-state index in [1.165, 1.54) is 17.2 Å². The molecule has 126 valence electrons. The van der Waals surface area contributed by atoms with Crippen molar-refractivity contribution in [3.8, 4) is 0 Å². The molecular formula is C16H24N4O3. The molecule has 3 heterocycles. The molecule has 23 heavy (non-hydrogen) atoms. The standard InChI is InChI=1S/C16H24N4O3/c21-15(12-20-7-2-6-17-16(20)22)18-13-4-8-19(9-5-13)11-14-3-1-10-23-14/h2,6-7,13-14H,1,3-5,8-12H2,(H,18,21). The normalized spacial score (nSPS) is 23.0. The summed E-state index contributed by atoms with van der Waals surface area (Å²) >= 11 is 0. The van der Waals surface area contributed by atoms with Crippen molar-refractivity contribution in [1.29, 1.82) is 0 Å². The van der Waals surface area contributed by atoms with Crippen LogP contribution in [0, 0.1) is 0 Å². The van der Waals surface area contributed by atoms with E-state index < -0.39 is 5.69 Å². The fourth-order valence-electron chi connectivity index (χ4n) is 3.27. The smallest absolute Gasteiger partial charge is 0.347 e. The van der Waals surface area contributed by atoms with Gasteiger partial charge in [0.05, 0.1) is 6.10 Å². The number of rotatable bonds is 5. The van der Waals surface area contributed by atoms with E-state index in [4.69, 9.17) is 4.74 Å². The molecule has 1 aromatic heterocycles. The minimum atomic E-state index is -0.394. The Bertz CT molecular complexity index is 575. The Morgan fingerprint density at radius 1 is 1.35 bits per heavy atom. The molecule has 2 fully saturated rings. The van der Waals surface area contributed by atoms with Crippen LogP contribution in [0.5, 0.6) is 0 Å². The number of carbonyl (C=O) groups excluding carboxylic acids is 1. The van der Waals surface area contributed by atoms with Crippen LogP contribution in [0.1, 0.15) is 25.7 Å². The molecule has 0 bridgehead atoms. The summed E-state index contributed by atoms with van der Waals surface area (Å²) < 4.78 is 7.00. The average molecular weight is 320 g/mol. The molecule has 0 aliphatic carbocycles. The van der Waals surface area contributed by atoms with Crippen LogP contribution < -0.4 is 11.0 Å². The van der Waals surface area contributed by atoms with Gasteiger partial charge in [0.1, 0.15) is 6.54 Å². The predicted octanol–water partition coefficient (Wildman–Crippen LogP) is 0.00290. The van der Waals surface area contributed by atoms with Crippen molar-refractivity contribution in [1.82, 2.24) is 19.8 Å². The summed E-state index contributed by atoms with van der Waals surface area (Å²) in [5.74, 6) is -0.127. The Balaban J connectivity index is 1.40. The van der Waals surface area contributed by atoms with Gasteiger partial charge in [-0.05, 0) is 31.7 Å². The van der Waals surface area contributed by atoms with Crippen LogP contribution in [-0.2, 0) is 16.1 Å². The highest BCUT2D eigenvalue weighted by Crippen LogP contribution is 2.16. The van der Waals surface area contributed by atoms with E-state index in [1.54, 1.807) is 12.3 Å². The van der Waals surface area contributed by atoms with Gasteiger partial charge in [-0.15, -0.1) is 0 Å². The Kier molecular flexibility index (Phi) is 5.40. The third-order valence-electron chi connectivity index (χ3n) is 4.54. The van der Waals surface area contributed by atoms with Gasteiger partial charge >= 0.3 is 5.69 Å². The van der Waals surface area contributed by atoms with Crippen LogP contribution in [0.15, 0.2) is 23.3 Å². The number of nitrogens with one attached hydrogen (secondary N) is 1. The second-order valence-electron chi connectivity index (χ2n) is 6.31. The van der Waals surface area contributed by atoms with E-state index >= 15 is 0 Å². The SMILES string of the molecule is O=C(Cn1cccnc1=O)NC1CCN(CC2CCCO2)CC1. The van der Waals surface area contributed by atoms with Gasteiger partial charge in [0.15, 0.2) is 0 Å². The van der Waals surface area contributed by atoms with Crippen LogP contribution in [0.25, 0.3) is 0 Å². The molecule has 2 aliphatic rings. The average Bonchev–Trinajstić information content (AvgIpc) is 3.04. The lowest BCUT2D eigenvalue weighted by Crippen LogP contribution is -2.47. The highest BCUT2D eigenvalue weighted by molar-refractivity contribution is 5.76. The first kappa shape index (κ1) is 16.1. The summed E-state index contributed by atoms with van der Waals surface area (Å²) in [5.41, 5.74) is -0.394. The lowest BCUT2D eigenvalue weighted by Gasteiger charge is -2.33. The molecule has 0 aromatic carbocycles. The predicted molar refractivity (Wildman–Crippen MR) is 85.1 cm³/mol. The monoisotopic (exact) mass is 320 g/mol. The Labute approximate surface area is 135 Å². The van der Waals surface area contributed by atoms with E-state index in [1.807, 2.05) is 0 Å². The van der Waals surface area contributed by atoms with Gasteiger partial charge in [-0.25, -0.2) is 9.78 Å². The van der Waals surface area contributed by atoms with Crippen LogP contribution in [0.3, 0.4) is 0 Å². The van der Waals surface area contributed by atoms with Crippen molar-refractivity contribution in [3.05, 3.63) is 28.9 Å². The lowest BCUT2D eigenvalue weighted by atomic mass is 10.0. The van der Waals surface area contributed by atoms with Crippen LogP contribution in [0.4, 0.5) is 0 Å². The minimum absolute atomic E-state index is 0.0306. The first-order valence-corrected chi connectivity index (χ1v) is 8.35. The van der Waals surface area contributed by atoms with Crippen LogP contribution in [-0.4, -0.2) is 58.7 Å². The second-order valence-corrected chi connectivity index (χ2v) is 6.31. The maximum atomic E-state index is 12.1. The highest BCUT2D eigenvalue weighted by Gasteiger charge is 2.24.